The van der Waals surface area contributed by atoms with E-state index in [-0.39, 0.29) is 24.7 Å². The molecule has 23 heavy (non-hydrogen) atoms. The first kappa shape index (κ1) is 15.8. The molecule has 0 bridgehead atoms. The predicted molar refractivity (Wildman–Crippen MR) is 86.7 cm³/mol. The van der Waals surface area contributed by atoms with Gasteiger partial charge in [-0.25, -0.2) is 4.79 Å². The van der Waals surface area contributed by atoms with Gasteiger partial charge in [-0.15, -0.1) is 0 Å². The summed E-state index contributed by atoms with van der Waals surface area (Å²) in [6.45, 7) is 6.03. The summed E-state index contributed by atoms with van der Waals surface area (Å²) >= 11 is 0. The number of benzene rings is 1. The molecule has 0 saturated carbocycles. The van der Waals surface area contributed by atoms with Crippen molar-refractivity contribution in [2.75, 3.05) is 36.1 Å². The Morgan fingerprint density at radius 2 is 1.78 bits per heavy atom. The van der Waals surface area contributed by atoms with Crippen molar-refractivity contribution in [2.45, 2.75) is 26.4 Å². The number of hydrogen-bond donors (Lipinski definition) is 0. The highest BCUT2D eigenvalue weighted by Crippen LogP contribution is 2.27. The number of rotatable bonds is 4. The van der Waals surface area contributed by atoms with E-state index in [1.807, 2.05) is 24.3 Å². The van der Waals surface area contributed by atoms with Crippen LogP contribution in [0.5, 0.6) is 0 Å². The van der Waals surface area contributed by atoms with Crippen LogP contribution < -0.4 is 9.80 Å². The molecule has 3 rings (SSSR count). The minimum atomic E-state index is -0.300. The summed E-state index contributed by atoms with van der Waals surface area (Å²) in [5.74, 6) is 0.448. The van der Waals surface area contributed by atoms with Crippen molar-refractivity contribution >= 4 is 23.4 Å². The monoisotopic (exact) mass is 318 g/mol. The molecule has 2 aliphatic rings. The summed E-state index contributed by atoms with van der Waals surface area (Å²) in [7, 11) is 0. The van der Waals surface area contributed by atoms with Gasteiger partial charge < -0.3 is 14.4 Å². The van der Waals surface area contributed by atoms with Crippen molar-refractivity contribution < 1.29 is 19.1 Å². The first-order chi connectivity index (χ1) is 11.0. The molecule has 1 unspecified atom stereocenters. The Labute approximate surface area is 136 Å². The highest BCUT2D eigenvalue weighted by atomic mass is 16.6. The number of hydrogen-bond acceptors (Lipinski definition) is 4. The zero-order chi connectivity index (χ0) is 16.4. The van der Waals surface area contributed by atoms with Crippen LogP contribution in [-0.4, -0.2) is 44.4 Å². The smallest absolute Gasteiger partial charge is 0.414 e. The fraction of sp³-hybridized carbons (Fsp3) is 0.529. The molecule has 0 aromatic heterocycles. The quantitative estimate of drug-likeness (QED) is 0.855. The molecule has 1 aromatic carbocycles. The molecule has 0 spiro atoms. The van der Waals surface area contributed by atoms with Gasteiger partial charge in [0.2, 0.25) is 0 Å². The average molecular weight is 318 g/mol. The third kappa shape index (κ3) is 3.47. The van der Waals surface area contributed by atoms with Crippen molar-refractivity contribution in [3.63, 3.8) is 0 Å². The zero-order valence-electron chi connectivity index (χ0n) is 13.5. The molecule has 6 heteroatoms. The third-order valence-electron chi connectivity index (χ3n) is 4.07. The van der Waals surface area contributed by atoms with Gasteiger partial charge in [0.15, 0.2) is 0 Å². The lowest BCUT2D eigenvalue weighted by atomic mass is 10.1. The topological polar surface area (TPSA) is 59.1 Å². The van der Waals surface area contributed by atoms with E-state index in [0.717, 1.165) is 17.8 Å². The van der Waals surface area contributed by atoms with Gasteiger partial charge in [0, 0.05) is 17.9 Å². The number of morpholine rings is 1. The second-order valence-corrected chi connectivity index (χ2v) is 6.36. The Morgan fingerprint density at radius 1 is 1.13 bits per heavy atom. The van der Waals surface area contributed by atoms with Crippen molar-refractivity contribution in [3.8, 4) is 0 Å². The number of amides is 2. The molecule has 2 amide bonds. The van der Waals surface area contributed by atoms with Crippen molar-refractivity contribution in [3.05, 3.63) is 24.3 Å². The lowest BCUT2D eigenvalue weighted by molar-refractivity contribution is -0.125. The minimum absolute atomic E-state index is 0.0402. The van der Waals surface area contributed by atoms with Crippen LogP contribution in [0.1, 0.15) is 20.3 Å². The SMILES string of the molecule is CC(C)CC1CN(c2ccc(N3CCOCC3=O)cc2)C(=O)O1. The second-order valence-electron chi connectivity index (χ2n) is 6.36. The Balaban J connectivity index is 1.70. The van der Waals surface area contributed by atoms with Crippen LogP contribution >= 0.6 is 0 Å². The van der Waals surface area contributed by atoms with Gasteiger partial charge in [-0.1, -0.05) is 13.8 Å². The molecule has 2 fully saturated rings. The number of cyclic esters (lactones) is 1. The highest BCUT2D eigenvalue weighted by Gasteiger charge is 2.32. The fourth-order valence-electron chi connectivity index (χ4n) is 2.98. The Bertz CT molecular complexity index is 585. The summed E-state index contributed by atoms with van der Waals surface area (Å²) in [6, 6.07) is 7.44. The maximum absolute atomic E-state index is 12.0. The summed E-state index contributed by atoms with van der Waals surface area (Å²) in [5.41, 5.74) is 1.62. The molecular weight excluding hydrogens is 296 g/mol. The molecule has 2 heterocycles. The van der Waals surface area contributed by atoms with Crippen molar-refractivity contribution in [1.82, 2.24) is 0 Å². The molecule has 124 valence electrons. The normalized spacial score (nSPS) is 22.0. The number of anilines is 2. The van der Waals surface area contributed by atoms with E-state index in [9.17, 15) is 9.59 Å². The molecule has 1 aromatic rings. The summed E-state index contributed by atoms with van der Waals surface area (Å²) < 4.78 is 10.5. The summed E-state index contributed by atoms with van der Waals surface area (Å²) in [6.07, 6.45) is 0.511. The number of carbonyl (C=O) groups is 2. The van der Waals surface area contributed by atoms with Crippen LogP contribution in [-0.2, 0) is 14.3 Å². The first-order valence-electron chi connectivity index (χ1n) is 8.01. The minimum Gasteiger partial charge on any atom is -0.444 e. The lowest BCUT2D eigenvalue weighted by Crippen LogP contribution is -2.41. The van der Waals surface area contributed by atoms with Crippen LogP contribution in [0.4, 0.5) is 16.2 Å². The molecule has 0 radical (unpaired) electrons. The van der Waals surface area contributed by atoms with E-state index in [1.54, 1.807) is 9.80 Å². The molecule has 2 saturated heterocycles. The molecule has 0 aliphatic carbocycles. The lowest BCUT2D eigenvalue weighted by Gasteiger charge is -2.27. The van der Waals surface area contributed by atoms with Crippen LogP contribution in [0.2, 0.25) is 0 Å². The van der Waals surface area contributed by atoms with E-state index >= 15 is 0 Å². The van der Waals surface area contributed by atoms with Gasteiger partial charge in [-0.2, -0.15) is 0 Å². The number of ether oxygens (including phenoxy) is 2. The maximum Gasteiger partial charge on any atom is 0.414 e. The fourth-order valence-corrected chi connectivity index (χ4v) is 2.98. The molecular formula is C17H22N2O4. The van der Waals surface area contributed by atoms with Crippen LogP contribution in [0.15, 0.2) is 24.3 Å². The van der Waals surface area contributed by atoms with Crippen LogP contribution in [0, 0.1) is 5.92 Å². The average Bonchev–Trinajstić information content (AvgIpc) is 2.88. The largest absolute Gasteiger partial charge is 0.444 e. The summed E-state index contributed by atoms with van der Waals surface area (Å²) in [4.78, 5) is 27.2. The standard InChI is InChI=1S/C17H22N2O4/c1-12(2)9-15-10-19(17(21)23-15)14-5-3-13(4-6-14)18-7-8-22-11-16(18)20/h3-6,12,15H,7-11H2,1-2H3. The first-order valence-corrected chi connectivity index (χ1v) is 8.01. The van der Waals surface area contributed by atoms with E-state index in [4.69, 9.17) is 9.47 Å². The predicted octanol–water partition coefficient (Wildman–Crippen LogP) is 2.42. The Morgan fingerprint density at radius 3 is 2.39 bits per heavy atom. The highest BCUT2D eigenvalue weighted by molar-refractivity contribution is 5.95. The Hall–Kier alpha value is -2.08. The Kier molecular flexibility index (Phi) is 4.52. The molecule has 2 aliphatic heterocycles. The maximum atomic E-state index is 12.0. The zero-order valence-corrected chi connectivity index (χ0v) is 13.5. The van der Waals surface area contributed by atoms with Crippen LogP contribution in [0.25, 0.3) is 0 Å². The van der Waals surface area contributed by atoms with Gasteiger partial charge in [-0.05, 0) is 36.6 Å². The van der Waals surface area contributed by atoms with Gasteiger partial charge in [0.25, 0.3) is 5.91 Å². The molecule has 6 nitrogen and oxygen atoms in total. The van der Waals surface area contributed by atoms with Crippen molar-refractivity contribution in [1.29, 1.82) is 0 Å². The van der Waals surface area contributed by atoms with E-state index < -0.39 is 0 Å². The molecule has 1 atom stereocenters. The van der Waals surface area contributed by atoms with E-state index in [2.05, 4.69) is 13.8 Å². The van der Waals surface area contributed by atoms with Gasteiger partial charge in [-0.3, -0.25) is 9.69 Å². The second kappa shape index (κ2) is 6.58. The summed E-state index contributed by atoms with van der Waals surface area (Å²) in [5, 5.41) is 0. The number of nitrogens with zero attached hydrogens (tertiary/aromatic N) is 2. The van der Waals surface area contributed by atoms with Crippen LogP contribution in [0.3, 0.4) is 0 Å². The van der Waals surface area contributed by atoms with Crippen molar-refractivity contribution in [2.24, 2.45) is 5.92 Å². The number of carbonyl (C=O) groups excluding carboxylic acids is 2. The van der Waals surface area contributed by atoms with Gasteiger partial charge >= 0.3 is 6.09 Å². The van der Waals surface area contributed by atoms with Gasteiger partial charge in [0.1, 0.15) is 12.7 Å². The van der Waals surface area contributed by atoms with E-state index in [0.29, 0.717) is 25.6 Å². The van der Waals surface area contributed by atoms with Gasteiger partial charge in [0.05, 0.1) is 13.2 Å². The van der Waals surface area contributed by atoms with E-state index in [1.165, 1.54) is 0 Å². The molecule has 0 N–H and O–H groups in total. The third-order valence-corrected chi connectivity index (χ3v) is 4.07.